The molecule has 2 aromatic rings. The number of hydrogen-bond donors (Lipinski definition) is 1. The van der Waals surface area contributed by atoms with Crippen LogP contribution < -0.4 is 10.2 Å². The Morgan fingerprint density at radius 3 is 2.81 bits per heavy atom. The highest BCUT2D eigenvalue weighted by molar-refractivity contribution is 6.03. The first kappa shape index (κ1) is 17.9. The second-order valence-electron chi connectivity index (χ2n) is 6.62. The summed E-state index contributed by atoms with van der Waals surface area (Å²) in [6.45, 7) is 4.30. The van der Waals surface area contributed by atoms with Crippen molar-refractivity contribution in [1.82, 2.24) is 4.98 Å². The first-order valence-electron chi connectivity index (χ1n) is 8.77. The maximum absolute atomic E-state index is 12.4. The summed E-state index contributed by atoms with van der Waals surface area (Å²) in [4.78, 5) is 30.6. The molecule has 1 atom stereocenters. The maximum Gasteiger partial charge on any atom is 0.337 e. The molecule has 0 bridgehead atoms. The zero-order valence-electron chi connectivity index (χ0n) is 15.1. The van der Waals surface area contributed by atoms with Crippen molar-refractivity contribution < 1.29 is 14.3 Å². The van der Waals surface area contributed by atoms with Crippen LogP contribution in [0, 0.1) is 5.92 Å². The zero-order chi connectivity index (χ0) is 18.5. The molecule has 1 N–H and O–H groups in total. The summed E-state index contributed by atoms with van der Waals surface area (Å²) in [6.07, 6.45) is 4.19. The third kappa shape index (κ3) is 4.20. The van der Waals surface area contributed by atoms with Crippen molar-refractivity contribution in [1.29, 1.82) is 0 Å². The lowest BCUT2D eigenvalue weighted by molar-refractivity contribution is 0.0600. The predicted molar refractivity (Wildman–Crippen MR) is 101 cm³/mol. The molecular formula is C20H23N3O3. The molecule has 6 heteroatoms. The number of carbonyl (C=O) groups is 2. The van der Waals surface area contributed by atoms with Crippen molar-refractivity contribution in [2.75, 3.05) is 30.4 Å². The van der Waals surface area contributed by atoms with Crippen LogP contribution in [0.25, 0.3) is 0 Å². The number of nitrogens with zero attached hydrogens (tertiary/aromatic N) is 2. The number of esters is 1. The topological polar surface area (TPSA) is 71.5 Å². The van der Waals surface area contributed by atoms with E-state index in [-0.39, 0.29) is 5.91 Å². The van der Waals surface area contributed by atoms with Gasteiger partial charge in [0.1, 0.15) is 5.69 Å². The van der Waals surface area contributed by atoms with E-state index in [0.29, 0.717) is 22.9 Å². The predicted octanol–water partition coefficient (Wildman–Crippen LogP) is 3.36. The molecule has 1 unspecified atom stereocenters. The molecule has 136 valence electrons. The fourth-order valence-electron chi connectivity index (χ4n) is 3.17. The van der Waals surface area contributed by atoms with Crippen molar-refractivity contribution in [2.45, 2.75) is 19.8 Å². The molecule has 1 aliphatic heterocycles. The van der Waals surface area contributed by atoms with E-state index in [1.807, 2.05) is 6.07 Å². The molecule has 2 heterocycles. The fraction of sp³-hybridized carbons (Fsp3) is 0.350. The van der Waals surface area contributed by atoms with Crippen molar-refractivity contribution in [3.8, 4) is 0 Å². The average molecular weight is 353 g/mol. The van der Waals surface area contributed by atoms with Crippen LogP contribution in [0.15, 0.2) is 42.6 Å². The van der Waals surface area contributed by atoms with Crippen molar-refractivity contribution in [3.63, 3.8) is 0 Å². The number of ether oxygens (including phenoxy) is 1. The second kappa shape index (κ2) is 7.99. The molecule has 1 saturated heterocycles. The number of hydrogen-bond acceptors (Lipinski definition) is 5. The SMILES string of the molecule is COC(=O)c1cccc(NC(=O)c2ccc(N3CCCC(C)C3)cn2)c1. The second-order valence-corrected chi connectivity index (χ2v) is 6.62. The number of carbonyl (C=O) groups excluding carboxylic acids is 2. The van der Waals surface area contributed by atoms with Crippen LogP contribution in [0.3, 0.4) is 0 Å². The molecule has 1 amide bonds. The minimum atomic E-state index is -0.445. The van der Waals surface area contributed by atoms with E-state index in [9.17, 15) is 9.59 Å². The van der Waals surface area contributed by atoms with Crippen molar-refractivity contribution in [3.05, 3.63) is 53.9 Å². The highest BCUT2D eigenvalue weighted by Gasteiger charge is 2.17. The summed E-state index contributed by atoms with van der Waals surface area (Å²) < 4.78 is 4.69. The van der Waals surface area contributed by atoms with Gasteiger partial charge in [0.05, 0.1) is 24.6 Å². The lowest BCUT2D eigenvalue weighted by atomic mass is 10.00. The van der Waals surface area contributed by atoms with E-state index in [1.165, 1.54) is 20.0 Å². The molecule has 0 aliphatic carbocycles. The number of pyridine rings is 1. The van der Waals surface area contributed by atoms with Gasteiger partial charge in [-0.3, -0.25) is 4.79 Å². The average Bonchev–Trinajstić information content (AvgIpc) is 2.67. The van der Waals surface area contributed by atoms with Crippen LogP contribution in [0.5, 0.6) is 0 Å². The van der Waals surface area contributed by atoms with E-state index in [4.69, 9.17) is 4.74 Å². The van der Waals surface area contributed by atoms with Crippen LogP contribution in [0.2, 0.25) is 0 Å². The Hall–Kier alpha value is -2.89. The van der Waals surface area contributed by atoms with E-state index in [2.05, 4.69) is 22.1 Å². The van der Waals surface area contributed by atoms with E-state index in [1.54, 1.807) is 36.5 Å². The third-order valence-corrected chi connectivity index (χ3v) is 4.54. The molecule has 1 fully saturated rings. The molecular weight excluding hydrogens is 330 g/mol. The Balaban J connectivity index is 1.67. The molecule has 26 heavy (non-hydrogen) atoms. The number of piperidine rings is 1. The molecule has 3 rings (SSSR count). The van der Waals surface area contributed by atoms with Crippen LogP contribution in [0.4, 0.5) is 11.4 Å². The Morgan fingerprint density at radius 2 is 2.12 bits per heavy atom. The zero-order valence-corrected chi connectivity index (χ0v) is 15.1. The van der Waals surface area contributed by atoms with Gasteiger partial charge in [0.2, 0.25) is 0 Å². The van der Waals surface area contributed by atoms with Gasteiger partial charge in [-0.1, -0.05) is 13.0 Å². The van der Waals surface area contributed by atoms with Gasteiger partial charge >= 0.3 is 5.97 Å². The third-order valence-electron chi connectivity index (χ3n) is 4.54. The molecule has 1 aromatic heterocycles. The minimum Gasteiger partial charge on any atom is -0.465 e. The highest BCUT2D eigenvalue weighted by Crippen LogP contribution is 2.22. The van der Waals surface area contributed by atoms with Crippen molar-refractivity contribution in [2.24, 2.45) is 5.92 Å². The number of benzene rings is 1. The van der Waals surface area contributed by atoms with Crippen LogP contribution in [-0.4, -0.2) is 37.1 Å². The quantitative estimate of drug-likeness (QED) is 0.854. The fourth-order valence-corrected chi connectivity index (χ4v) is 3.17. The van der Waals surface area contributed by atoms with Gasteiger partial charge in [0, 0.05) is 18.8 Å². The normalized spacial score (nSPS) is 16.8. The summed E-state index contributed by atoms with van der Waals surface area (Å²) in [7, 11) is 1.32. The summed E-state index contributed by atoms with van der Waals surface area (Å²) in [6, 6.07) is 10.3. The Morgan fingerprint density at radius 1 is 1.27 bits per heavy atom. The van der Waals surface area contributed by atoms with Gasteiger partial charge in [0.25, 0.3) is 5.91 Å². The largest absolute Gasteiger partial charge is 0.465 e. The number of anilines is 2. The molecule has 0 radical (unpaired) electrons. The number of methoxy groups -OCH3 is 1. The molecule has 1 aliphatic rings. The van der Waals surface area contributed by atoms with Gasteiger partial charge in [-0.05, 0) is 49.1 Å². The first-order valence-corrected chi connectivity index (χ1v) is 8.77. The van der Waals surface area contributed by atoms with Crippen LogP contribution >= 0.6 is 0 Å². The molecule has 0 saturated carbocycles. The van der Waals surface area contributed by atoms with Gasteiger partial charge in [0.15, 0.2) is 0 Å². The van der Waals surface area contributed by atoms with Gasteiger partial charge in [-0.25, -0.2) is 9.78 Å². The van der Waals surface area contributed by atoms with Gasteiger partial charge < -0.3 is 15.0 Å². The number of amides is 1. The van der Waals surface area contributed by atoms with Crippen LogP contribution in [0.1, 0.15) is 40.6 Å². The summed E-state index contributed by atoms with van der Waals surface area (Å²) in [5.74, 6) is -0.0845. The van der Waals surface area contributed by atoms with Gasteiger partial charge in [-0.2, -0.15) is 0 Å². The maximum atomic E-state index is 12.4. The van der Waals surface area contributed by atoms with Gasteiger partial charge in [-0.15, -0.1) is 0 Å². The number of rotatable bonds is 4. The lowest BCUT2D eigenvalue weighted by Gasteiger charge is -2.32. The van der Waals surface area contributed by atoms with Crippen molar-refractivity contribution >= 4 is 23.3 Å². The highest BCUT2D eigenvalue weighted by atomic mass is 16.5. The number of nitrogens with one attached hydrogen (secondary N) is 1. The molecule has 1 aromatic carbocycles. The van der Waals surface area contributed by atoms with E-state index in [0.717, 1.165) is 18.8 Å². The van der Waals surface area contributed by atoms with E-state index >= 15 is 0 Å². The number of aromatic nitrogens is 1. The lowest BCUT2D eigenvalue weighted by Crippen LogP contribution is -2.34. The monoisotopic (exact) mass is 353 g/mol. The Labute approximate surface area is 153 Å². The Bertz CT molecular complexity index is 789. The standard InChI is InChI=1S/C20H23N3O3/c1-14-5-4-10-23(13-14)17-8-9-18(21-12-17)19(24)22-16-7-3-6-15(11-16)20(25)26-2/h3,6-9,11-12,14H,4-5,10,13H2,1-2H3,(H,22,24). The Kier molecular flexibility index (Phi) is 5.51. The molecule has 6 nitrogen and oxygen atoms in total. The first-order chi connectivity index (χ1) is 12.6. The minimum absolute atomic E-state index is 0.314. The van der Waals surface area contributed by atoms with E-state index < -0.39 is 5.97 Å². The molecule has 0 spiro atoms. The summed E-state index contributed by atoms with van der Waals surface area (Å²) >= 11 is 0. The smallest absolute Gasteiger partial charge is 0.337 e. The summed E-state index contributed by atoms with van der Waals surface area (Å²) in [5, 5.41) is 2.76. The summed E-state index contributed by atoms with van der Waals surface area (Å²) in [5.41, 5.74) is 2.28. The van der Waals surface area contributed by atoms with Crippen LogP contribution in [-0.2, 0) is 4.74 Å².